The minimum absolute atomic E-state index is 0.0189. The minimum atomic E-state index is -0.747. The van der Waals surface area contributed by atoms with Gasteiger partial charge < -0.3 is 24.1 Å². The number of hydrogen-bond acceptors (Lipinski definition) is 6. The number of likely N-dealkylation sites (N-methyl/N-ethyl adjacent to an activating group) is 1. The minimum Gasteiger partial charge on any atom is -0.503 e. The summed E-state index contributed by atoms with van der Waals surface area (Å²) in [5, 5.41) is 11.6. The Balaban J connectivity index is 1.77. The fraction of sp³-hybridized carbons (Fsp3) is 0.308. The summed E-state index contributed by atoms with van der Waals surface area (Å²) in [4.78, 5) is 30.1. The van der Waals surface area contributed by atoms with Crippen molar-refractivity contribution in [3.05, 3.63) is 77.3 Å². The molecule has 0 fully saturated rings. The standard InChI is InChI=1S/C26H28N2O5/c1-4-14-32-19-10-7-9-18(15-19)23-22(25(30)26(31)28(23)13-12-27(2)3)24(29)21-16-17-8-5-6-11-20(17)33-21/h5-11,15-16,23,30H,4,12-14H2,1-3H3. The summed E-state index contributed by atoms with van der Waals surface area (Å²) in [6, 6.07) is 15.5. The molecule has 1 atom stereocenters. The van der Waals surface area contributed by atoms with Crippen molar-refractivity contribution in [3.63, 3.8) is 0 Å². The van der Waals surface area contributed by atoms with Crippen molar-refractivity contribution in [2.45, 2.75) is 19.4 Å². The fourth-order valence-corrected chi connectivity index (χ4v) is 3.99. The molecule has 0 spiro atoms. The van der Waals surface area contributed by atoms with E-state index in [9.17, 15) is 14.7 Å². The van der Waals surface area contributed by atoms with E-state index in [0.29, 0.717) is 36.6 Å². The Labute approximate surface area is 192 Å². The number of Topliss-reactive ketones (excluding diaryl/α,β-unsaturated/α-hetero) is 1. The zero-order chi connectivity index (χ0) is 23.5. The molecule has 2 heterocycles. The van der Waals surface area contributed by atoms with Crippen molar-refractivity contribution in [3.8, 4) is 5.75 Å². The number of ketones is 1. The third-order valence-electron chi connectivity index (χ3n) is 5.63. The Bertz CT molecular complexity index is 1180. The molecule has 3 aromatic rings. The van der Waals surface area contributed by atoms with Gasteiger partial charge in [-0.25, -0.2) is 0 Å². The van der Waals surface area contributed by atoms with E-state index in [4.69, 9.17) is 9.15 Å². The second kappa shape index (κ2) is 9.50. The summed E-state index contributed by atoms with van der Waals surface area (Å²) in [6.45, 7) is 3.50. The smallest absolute Gasteiger partial charge is 0.290 e. The van der Waals surface area contributed by atoms with Gasteiger partial charge in [0.05, 0.1) is 18.2 Å². The Kier molecular flexibility index (Phi) is 6.51. The number of carbonyl (C=O) groups excluding carboxylic acids is 2. The highest BCUT2D eigenvalue weighted by Crippen LogP contribution is 2.40. The van der Waals surface area contributed by atoms with Crippen molar-refractivity contribution in [1.82, 2.24) is 9.80 Å². The molecule has 172 valence electrons. The van der Waals surface area contributed by atoms with Gasteiger partial charge >= 0.3 is 0 Å². The number of nitrogens with zero attached hydrogens (tertiary/aromatic N) is 2. The molecule has 0 radical (unpaired) electrons. The maximum atomic E-state index is 13.6. The van der Waals surface area contributed by atoms with Crippen LogP contribution in [-0.2, 0) is 4.79 Å². The molecule has 7 heteroatoms. The van der Waals surface area contributed by atoms with Crippen LogP contribution < -0.4 is 4.74 Å². The number of para-hydroxylation sites is 1. The number of aliphatic hydroxyl groups is 1. The first-order chi connectivity index (χ1) is 15.9. The van der Waals surface area contributed by atoms with Gasteiger partial charge in [0.1, 0.15) is 11.3 Å². The summed E-state index contributed by atoms with van der Waals surface area (Å²) in [6.07, 6.45) is 0.859. The highest BCUT2D eigenvalue weighted by molar-refractivity contribution is 6.16. The normalized spacial score (nSPS) is 16.3. The number of benzene rings is 2. The monoisotopic (exact) mass is 448 g/mol. The van der Waals surface area contributed by atoms with Crippen molar-refractivity contribution in [1.29, 1.82) is 0 Å². The number of fused-ring (bicyclic) bond motifs is 1. The largest absolute Gasteiger partial charge is 0.503 e. The van der Waals surface area contributed by atoms with Crippen molar-refractivity contribution in [2.24, 2.45) is 0 Å². The summed E-state index contributed by atoms with van der Waals surface area (Å²) < 4.78 is 11.5. The van der Waals surface area contributed by atoms with Crippen LogP contribution in [0.2, 0.25) is 0 Å². The Hall–Kier alpha value is -3.58. The first kappa shape index (κ1) is 22.6. The molecule has 0 aliphatic carbocycles. The zero-order valence-corrected chi connectivity index (χ0v) is 19.1. The van der Waals surface area contributed by atoms with Crippen LogP contribution in [0.1, 0.15) is 35.5 Å². The number of amides is 1. The van der Waals surface area contributed by atoms with E-state index in [1.807, 2.05) is 68.4 Å². The molecule has 2 aromatic carbocycles. The molecular formula is C26H28N2O5. The van der Waals surface area contributed by atoms with E-state index >= 15 is 0 Å². The molecule has 1 amide bonds. The first-order valence-electron chi connectivity index (χ1n) is 11.1. The van der Waals surface area contributed by atoms with E-state index in [2.05, 4.69) is 0 Å². The van der Waals surface area contributed by atoms with Crippen molar-refractivity contribution >= 4 is 22.7 Å². The maximum absolute atomic E-state index is 13.6. The molecule has 1 aromatic heterocycles. The van der Waals surface area contributed by atoms with Gasteiger partial charge in [0.15, 0.2) is 11.5 Å². The number of hydrogen-bond donors (Lipinski definition) is 1. The van der Waals surface area contributed by atoms with Gasteiger partial charge in [-0.3, -0.25) is 9.59 Å². The van der Waals surface area contributed by atoms with Crippen LogP contribution >= 0.6 is 0 Å². The topological polar surface area (TPSA) is 83.2 Å². The molecule has 1 unspecified atom stereocenters. The highest BCUT2D eigenvalue weighted by Gasteiger charge is 2.44. The number of aliphatic hydroxyl groups excluding tert-OH is 1. The third-order valence-corrected chi connectivity index (χ3v) is 5.63. The number of rotatable bonds is 9. The van der Waals surface area contributed by atoms with Crippen molar-refractivity contribution < 1.29 is 23.8 Å². The Morgan fingerprint density at radius 3 is 2.67 bits per heavy atom. The highest BCUT2D eigenvalue weighted by atomic mass is 16.5. The molecule has 7 nitrogen and oxygen atoms in total. The molecule has 33 heavy (non-hydrogen) atoms. The first-order valence-corrected chi connectivity index (χ1v) is 11.1. The van der Waals surface area contributed by atoms with Gasteiger partial charge in [-0.05, 0) is 50.3 Å². The average molecular weight is 449 g/mol. The van der Waals surface area contributed by atoms with E-state index in [-0.39, 0.29) is 11.3 Å². The molecule has 0 bridgehead atoms. The lowest BCUT2D eigenvalue weighted by atomic mass is 9.95. The van der Waals surface area contributed by atoms with Gasteiger partial charge in [0, 0.05) is 18.5 Å². The lowest BCUT2D eigenvalue weighted by Crippen LogP contribution is -2.36. The predicted octanol–water partition coefficient (Wildman–Crippen LogP) is 4.36. The van der Waals surface area contributed by atoms with Crippen LogP contribution in [-0.4, -0.2) is 60.4 Å². The molecule has 1 aliphatic heterocycles. The SMILES string of the molecule is CCCOc1cccc(C2C(C(=O)c3cc4ccccc4o3)=C(O)C(=O)N2CCN(C)C)c1. The number of ether oxygens (including phenoxy) is 1. The maximum Gasteiger partial charge on any atom is 0.290 e. The third kappa shape index (κ3) is 4.50. The molecule has 1 N–H and O–H groups in total. The molecular weight excluding hydrogens is 420 g/mol. The van der Waals surface area contributed by atoms with Crippen LogP contribution in [0.15, 0.2) is 70.3 Å². The second-order valence-corrected chi connectivity index (χ2v) is 8.37. The van der Waals surface area contributed by atoms with E-state index in [1.165, 1.54) is 4.90 Å². The Morgan fingerprint density at radius 1 is 1.15 bits per heavy atom. The van der Waals surface area contributed by atoms with Crippen LogP contribution in [0.4, 0.5) is 0 Å². The van der Waals surface area contributed by atoms with Gasteiger partial charge in [0.25, 0.3) is 5.91 Å². The van der Waals surface area contributed by atoms with Gasteiger partial charge in [-0.2, -0.15) is 0 Å². The zero-order valence-electron chi connectivity index (χ0n) is 19.1. The van der Waals surface area contributed by atoms with E-state index in [0.717, 1.165) is 11.8 Å². The summed E-state index contributed by atoms with van der Waals surface area (Å²) in [5.41, 5.74) is 1.28. The molecule has 0 saturated carbocycles. The lowest BCUT2D eigenvalue weighted by molar-refractivity contribution is -0.129. The Morgan fingerprint density at radius 2 is 1.94 bits per heavy atom. The fourth-order valence-electron chi connectivity index (χ4n) is 3.99. The predicted molar refractivity (Wildman–Crippen MR) is 125 cm³/mol. The van der Waals surface area contributed by atoms with Crippen LogP contribution in [0.3, 0.4) is 0 Å². The number of carbonyl (C=O) groups is 2. The molecule has 0 saturated heterocycles. The van der Waals surface area contributed by atoms with Gasteiger partial charge in [0.2, 0.25) is 5.78 Å². The van der Waals surface area contributed by atoms with Gasteiger partial charge in [-0.1, -0.05) is 37.3 Å². The van der Waals surface area contributed by atoms with Crippen LogP contribution in [0.25, 0.3) is 11.0 Å². The van der Waals surface area contributed by atoms with Crippen LogP contribution in [0.5, 0.6) is 5.75 Å². The second-order valence-electron chi connectivity index (χ2n) is 8.37. The van der Waals surface area contributed by atoms with Crippen LogP contribution in [0, 0.1) is 0 Å². The van der Waals surface area contributed by atoms with E-state index in [1.54, 1.807) is 12.1 Å². The van der Waals surface area contributed by atoms with E-state index < -0.39 is 23.5 Å². The van der Waals surface area contributed by atoms with Gasteiger partial charge in [-0.15, -0.1) is 0 Å². The number of furan rings is 1. The molecule has 1 aliphatic rings. The molecule has 4 rings (SSSR count). The summed E-state index contributed by atoms with van der Waals surface area (Å²) in [5.74, 6) is -0.876. The average Bonchev–Trinajstić information content (AvgIpc) is 3.35. The quantitative estimate of drug-likeness (QED) is 0.490. The summed E-state index contributed by atoms with van der Waals surface area (Å²) >= 11 is 0. The lowest BCUT2D eigenvalue weighted by Gasteiger charge is -2.28. The van der Waals surface area contributed by atoms with Crippen molar-refractivity contribution in [2.75, 3.05) is 33.8 Å². The summed E-state index contributed by atoms with van der Waals surface area (Å²) in [7, 11) is 3.81.